The molecule has 1 aliphatic heterocycles. The molecule has 0 aromatic carbocycles. The van der Waals surface area contributed by atoms with E-state index in [1.165, 1.54) is 0 Å². The van der Waals surface area contributed by atoms with Gasteiger partial charge >= 0.3 is 0 Å². The second-order valence-electron chi connectivity index (χ2n) is 6.60. The summed E-state index contributed by atoms with van der Waals surface area (Å²) in [5.74, 6) is 1.87. The van der Waals surface area contributed by atoms with E-state index in [1.54, 1.807) is 0 Å². The number of ether oxygens (including phenoxy) is 1. The van der Waals surface area contributed by atoms with Crippen molar-refractivity contribution in [3.8, 4) is 0 Å². The molecule has 0 radical (unpaired) electrons. The summed E-state index contributed by atoms with van der Waals surface area (Å²) in [4.78, 5) is 11.6. The van der Waals surface area contributed by atoms with E-state index in [2.05, 4.69) is 53.6 Å². The molecule has 0 bridgehead atoms. The zero-order valence-electron chi connectivity index (χ0n) is 16.2. The number of halogens is 1. The molecule has 148 valence electrons. The van der Waals surface area contributed by atoms with Crippen molar-refractivity contribution < 1.29 is 4.74 Å². The van der Waals surface area contributed by atoms with Gasteiger partial charge in [0.2, 0.25) is 0 Å². The molecule has 0 spiro atoms. The molecule has 0 atom stereocenters. The van der Waals surface area contributed by atoms with Crippen LogP contribution in [0, 0.1) is 0 Å². The van der Waals surface area contributed by atoms with E-state index in [0.717, 1.165) is 56.7 Å². The molecule has 1 aromatic rings. The number of rotatable bonds is 7. The van der Waals surface area contributed by atoms with Crippen LogP contribution in [0.15, 0.2) is 23.3 Å². The molecule has 0 aliphatic carbocycles. The molecule has 0 saturated carbocycles. The number of guanidine groups is 1. The lowest BCUT2D eigenvalue weighted by atomic mass is 10.2. The third-order valence-electron chi connectivity index (χ3n) is 4.16. The Morgan fingerprint density at radius 1 is 1.35 bits per heavy atom. The molecular formula is C18H32IN5OS. The van der Waals surface area contributed by atoms with E-state index in [1.807, 2.05) is 24.0 Å². The van der Waals surface area contributed by atoms with Gasteiger partial charge in [0.15, 0.2) is 5.96 Å². The lowest BCUT2D eigenvalue weighted by Crippen LogP contribution is -2.43. The highest BCUT2D eigenvalue weighted by atomic mass is 127. The fraction of sp³-hybridized carbons (Fsp3) is 0.667. The number of pyridine rings is 1. The molecule has 2 rings (SSSR count). The summed E-state index contributed by atoms with van der Waals surface area (Å²) in [5.41, 5.74) is 1.14. The number of hydrogen-bond acceptors (Lipinski definition) is 5. The fourth-order valence-corrected chi connectivity index (χ4v) is 2.70. The summed E-state index contributed by atoms with van der Waals surface area (Å²) in [7, 11) is 0. The van der Waals surface area contributed by atoms with Gasteiger partial charge in [-0.3, -0.25) is 0 Å². The normalized spacial score (nSPS) is 15.4. The van der Waals surface area contributed by atoms with Gasteiger partial charge in [0, 0.05) is 42.7 Å². The Labute approximate surface area is 179 Å². The maximum Gasteiger partial charge on any atom is 0.191 e. The summed E-state index contributed by atoms with van der Waals surface area (Å²) in [6.45, 7) is 12.1. The minimum absolute atomic E-state index is 0. The highest BCUT2D eigenvalue weighted by molar-refractivity contribution is 14.0. The van der Waals surface area contributed by atoms with Crippen molar-refractivity contribution in [2.75, 3.05) is 50.5 Å². The van der Waals surface area contributed by atoms with Crippen LogP contribution in [0.1, 0.15) is 26.3 Å². The molecule has 1 aliphatic rings. The predicted molar refractivity (Wildman–Crippen MR) is 123 cm³/mol. The van der Waals surface area contributed by atoms with E-state index in [9.17, 15) is 0 Å². The van der Waals surface area contributed by atoms with Gasteiger partial charge in [-0.05, 0) is 33.1 Å². The number of anilines is 1. The quantitative estimate of drug-likeness (QED) is 0.346. The average molecular weight is 493 g/mol. The third kappa shape index (κ3) is 7.48. The van der Waals surface area contributed by atoms with Gasteiger partial charge in [0.25, 0.3) is 0 Å². The van der Waals surface area contributed by atoms with Crippen molar-refractivity contribution >= 4 is 47.5 Å². The molecule has 2 N–H and O–H groups in total. The number of hydrogen-bond donors (Lipinski definition) is 2. The van der Waals surface area contributed by atoms with Crippen LogP contribution in [0.3, 0.4) is 0 Å². The predicted octanol–water partition coefficient (Wildman–Crippen LogP) is 2.73. The van der Waals surface area contributed by atoms with Gasteiger partial charge in [-0.25, -0.2) is 9.98 Å². The highest BCUT2D eigenvalue weighted by Crippen LogP contribution is 2.20. The number of aromatic nitrogens is 1. The van der Waals surface area contributed by atoms with Crippen molar-refractivity contribution in [2.24, 2.45) is 4.99 Å². The third-order valence-corrected chi connectivity index (χ3v) is 5.41. The molecule has 1 saturated heterocycles. The average Bonchev–Trinajstić information content (AvgIpc) is 2.65. The van der Waals surface area contributed by atoms with Crippen LogP contribution in [-0.4, -0.2) is 61.3 Å². The molecule has 6 nitrogen and oxygen atoms in total. The molecule has 1 fully saturated rings. The number of nitrogens with one attached hydrogen (secondary N) is 2. The van der Waals surface area contributed by atoms with Gasteiger partial charge in [-0.2, -0.15) is 11.8 Å². The first kappa shape index (κ1) is 23.3. The molecular weight excluding hydrogens is 461 g/mol. The molecule has 0 unspecified atom stereocenters. The number of thioether (sulfide) groups is 1. The smallest absolute Gasteiger partial charge is 0.191 e. The van der Waals surface area contributed by atoms with Crippen molar-refractivity contribution in [3.63, 3.8) is 0 Å². The first-order valence-corrected chi connectivity index (χ1v) is 10.1. The Bertz CT molecular complexity index is 564. The lowest BCUT2D eigenvalue weighted by Gasteiger charge is -2.29. The minimum Gasteiger partial charge on any atom is -0.378 e. The molecule has 26 heavy (non-hydrogen) atoms. The van der Waals surface area contributed by atoms with Crippen LogP contribution in [0.25, 0.3) is 0 Å². The summed E-state index contributed by atoms with van der Waals surface area (Å²) in [6.07, 6.45) is 3.98. The van der Waals surface area contributed by atoms with Gasteiger partial charge in [0.1, 0.15) is 5.82 Å². The Kier molecular flexibility index (Phi) is 10.6. The number of morpholine rings is 1. The monoisotopic (exact) mass is 493 g/mol. The second kappa shape index (κ2) is 11.9. The van der Waals surface area contributed by atoms with Gasteiger partial charge in [-0.1, -0.05) is 6.07 Å². The zero-order valence-corrected chi connectivity index (χ0v) is 19.4. The Morgan fingerprint density at radius 3 is 2.73 bits per heavy atom. The SMILES string of the molecule is CCNC(=NCc1cccnc1N1CCOCC1)NCC(C)(C)SC.I. The second-order valence-corrected chi connectivity index (χ2v) is 8.11. The highest BCUT2D eigenvalue weighted by Gasteiger charge is 2.17. The largest absolute Gasteiger partial charge is 0.378 e. The Hall–Kier alpha value is -0.740. The van der Waals surface area contributed by atoms with Gasteiger partial charge < -0.3 is 20.3 Å². The summed E-state index contributed by atoms with van der Waals surface area (Å²) >= 11 is 1.85. The number of nitrogens with zero attached hydrogens (tertiary/aromatic N) is 3. The van der Waals surface area contributed by atoms with E-state index >= 15 is 0 Å². The lowest BCUT2D eigenvalue weighted by molar-refractivity contribution is 0.122. The van der Waals surface area contributed by atoms with Crippen molar-refractivity contribution in [1.82, 2.24) is 15.6 Å². The van der Waals surface area contributed by atoms with Crippen molar-refractivity contribution in [2.45, 2.75) is 32.1 Å². The van der Waals surface area contributed by atoms with Crippen LogP contribution in [0.4, 0.5) is 5.82 Å². The maximum atomic E-state index is 5.45. The maximum absolute atomic E-state index is 5.45. The van der Waals surface area contributed by atoms with Crippen LogP contribution in [0.5, 0.6) is 0 Å². The van der Waals surface area contributed by atoms with Crippen molar-refractivity contribution in [3.05, 3.63) is 23.9 Å². The topological polar surface area (TPSA) is 61.8 Å². The van der Waals surface area contributed by atoms with Crippen LogP contribution < -0.4 is 15.5 Å². The van der Waals surface area contributed by atoms with E-state index in [-0.39, 0.29) is 28.7 Å². The minimum atomic E-state index is 0. The van der Waals surface area contributed by atoms with Crippen LogP contribution in [-0.2, 0) is 11.3 Å². The summed E-state index contributed by atoms with van der Waals surface area (Å²) in [5, 5.41) is 6.77. The zero-order chi connectivity index (χ0) is 18.1. The molecule has 2 heterocycles. The number of aliphatic imine (C=N–C) groups is 1. The summed E-state index contributed by atoms with van der Waals surface area (Å²) < 4.78 is 5.62. The fourth-order valence-electron chi connectivity index (χ4n) is 2.49. The van der Waals surface area contributed by atoms with E-state index in [0.29, 0.717) is 6.54 Å². The molecule has 0 amide bonds. The van der Waals surface area contributed by atoms with Gasteiger partial charge in [0.05, 0.1) is 19.8 Å². The first-order chi connectivity index (χ1) is 12.1. The molecule has 8 heteroatoms. The van der Waals surface area contributed by atoms with Crippen LogP contribution >= 0.6 is 35.7 Å². The van der Waals surface area contributed by atoms with Crippen molar-refractivity contribution in [1.29, 1.82) is 0 Å². The Balaban J connectivity index is 0.00000338. The Morgan fingerprint density at radius 2 is 2.08 bits per heavy atom. The first-order valence-electron chi connectivity index (χ1n) is 8.89. The van der Waals surface area contributed by atoms with E-state index in [4.69, 9.17) is 9.73 Å². The molecule has 1 aromatic heterocycles. The van der Waals surface area contributed by atoms with Gasteiger partial charge in [-0.15, -0.1) is 24.0 Å². The van der Waals surface area contributed by atoms with Crippen LogP contribution in [0.2, 0.25) is 0 Å². The van der Waals surface area contributed by atoms with E-state index < -0.39 is 0 Å². The standard InChI is InChI=1S/C18H31N5OS.HI/c1-5-19-17(22-14-18(2,3)25-4)21-13-15-7-6-8-20-16(15)23-9-11-24-12-10-23;/h6-8H,5,9-14H2,1-4H3,(H2,19,21,22);1H. The summed E-state index contributed by atoms with van der Waals surface area (Å²) in [6, 6.07) is 4.09.